The SMILES string of the molecule is COc1ccc(Cl)cc1NS(=O)(=O)c1ccc2c(c1)CCCN2C(=O)c1cccc(Cl)c1. The van der Waals surface area contributed by atoms with Crippen molar-refractivity contribution in [1.82, 2.24) is 0 Å². The summed E-state index contributed by atoms with van der Waals surface area (Å²) in [6.45, 7) is 0.544. The first-order chi connectivity index (χ1) is 15.3. The maximum absolute atomic E-state index is 13.1. The van der Waals surface area contributed by atoms with Gasteiger partial charge in [-0.25, -0.2) is 8.42 Å². The summed E-state index contributed by atoms with van der Waals surface area (Å²) < 4.78 is 33.8. The molecule has 0 radical (unpaired) electrons. The van der Waals surface area contributed by atoms with Crippen LogP contribution in [0, 0.1) is 0 Å². The average molecular weight is 491 g/mol. The second-order valence-corrected chi connectivity index (χ2v) is 9.87. The van der Waals surface area contributed by atoms with E-state index in [0.717, 1.165) is 12.0 Å². The fourth-order valence-electron chi connectivity index (χ4n) is 3.69. The van der Waals surface area contributed by atoms with Gasteiger partial charge in [0.05, 0.1) is 17.7 Å². The fourth-order valence-corrected chi connectivity index (χ4v) is 5.17. The van der Waals surface area contributed by atoms with Gasteiger partial charge < -0.3 is 9.64 Å². The van der Waals surface area contributed by atoms with Gasteiger partial charge in [0.2, 0.25) is 0 Å². The van der Waals surface area contributed by atoms with Crippen molar-refractivity contribution in [3.8, 4) is 5.75 Å². The second-order valence-electron chi connectivity index (χ2n) is 7.31. The molecule has 6 nitrogen and oxygen atoms in total. The highest BCUT2D eigenvalue weighted by molar-refractivity contribution is 7.92. The van der Waals surface area contributed by atoms with Crippen LogP contribution >= 0.6 is 23.2 Å². The van der Waals surface area contributed by atoms with E-state index in [-0.39, 0.29) is 16.5 Å². The first-order valence-electron chi connectivity index (χ1n) is 9.85. The normalized spacial score (nSPS) is 13.4. The third-order valence-electron chi connectivity index (χ3n) is 5.20. The van der Waals surface area contributed by atoms with Gasteiger partial charge in [0.25, 0.3) is 15.9 Å². The number of anilines is 2. The Morgan fingerprint density at radius 2 is 1.81 bits per heavy atom. The second kappa shape index (κ2) is 9.02. The molecule has 1 aliphatic heterocycles. The van der Waals surface area contributed by atoms with Crippen molar-refractivity contribution in [2.75, 3.05) is 23.3 Å². The zero-order chi connectivity index (χ0) is 22.9. The van der Waals surface area contributed by atoms with E-state index < -0.39 is 10.0 Å². The van der Waals surface area contributed by atoms with Gasteiger partial charge in [-0.05, 0) is 73.0 Å². The molecule has 3 aromatic rings. The molecule has 1 amide bonds. The predicted octanol–water partition coefficient (Wildman–Crippen LogP) is 5.40. The van der Waals surface area contributed by atoms with Crippen molar-refractivity contribution in [2.24, 2.45) is 0 Å². The zero-order valence-electron chi connectivity index (χ0n) is 17.1. The summed E-state index contributed by atoms with van der Waals surface area (Å²) in [6, 6.07) is 16.2. The van der Waals surface area contributed by atoms with Crippen LogP contribution < -0.4 is 14.4 Å². The lowest BCUT2D eigenvalue weighted by molar-refractivity contribution is 0.0985. The average Bonchev–Trinajstić information content (AvgIpc) is 2.77. The van der Waals surface area contributed by atoms with Crippen LogP contribution in [-0.4, -0.2) is 28.0 Å². The third-order valence-corrected chi connectivity index (χ3v) is 7.04. The molecule has 1 N–H and O–H groups in total. The molecule has 1 aliphatic rings. The lowest BCUT2D eigenvalue weighted by atomic mass is 10.0. The van der Waals surface area contributed by atoms with Crippen LogP contribution in [0.5, 0.6) is 5.75 Å². The Morgan fingerprint density at radius 3 is 2.56 bits per heavy atom. The number of hydrogen-bond acceptors (Lipinski definition) is 4. The summed E-state index contributed by atoms with van der Waals surface area (Å²) in [5, 5.41) is 0.862. The van der Waals surface area contributed by atoms with Crippen molar-refractivity contribution in [3.05, 3.63) is 81.8 Å². The molecular formula is C23H20Cl2N2O4S. The van der Waals surface area contributed by atoms with Crippen LogP contribution in [0.3, 0.4) is 0 Å². The quantitative estimate of drug-likeness (QED) is 0.519. The molecule has 9 heteroatoms. The number of methoxy groups -OCH3 is 1. The van der Waals surface area contributed by atoms with E-state index in [1.165, 1.54) is 19.2 Å². The molecule has 0 fully saturated rings. The van der Waals surface area contributed by atoms with Crippen LogP contribution in [0.15, 0.2) is 65.6 Å². The Balaban J connectivity index is 1.65. The van der Waals surface area contributed by atoms with Gasteiger partial charge in [-0.1, -0.05) is 29.3 Å². The molecule has 0 unspecified atom stereocenters. The van der Waals surface area contributed by atoms with Crippen molar-refractivity contribution in [3.63, 3.8) is 0 Å². The van der Waals surface area contributed by atoms with E-state index in [1.54, 1.807) is 53.4 Å². The third kappa shape index (κ3) is 4.55. The highest BCUT2D eigenvalue weighted by Gasteiger charge is 2.26. The Labute approximate surface area is 196 Å². The van der Waals surface area contributed by atoms with Gasteiger partial charge in [0.15, 0.2) is 0 Å². The number of benzene rings is 3. The van der Waals surface area contributed by atoms with Crippen molar-refractivity contribution in [2.45, 2.75) is 17.7 Å². The van der Waals surface area contributed by atoms with E-state index >= 15 is 0 Å². The lowest BCUT2D eigenvalue weighted by Crippen LogP contribution is -2.35. The standard InChI is InChI=1S/C23H20Cl2N2O4S/c1-31-22-10-7-18(25)14-20(22)26-32(29,30)19-8-9-21-15(13-19)5-3-11-27(21)23(28)16-4-2-6-17(24)12-16/h2,4,6-10,12-14,26H,3,5,11H2,1H3. The summed E-state index contributed by atoms with van der Waals surface area (Å²) in [5.41, 5.74) is 2.21. The highest BCUT2D eigenvalue weighted by Crippen LogP contribution is 2.33. The number of nitrogens with zero attached hydrogens (tertiary/aromatic N) is 1. The smallest absolute Gasteiger partial charge is 0.262 e. The van der Waals surface area contributed by atoms with Crippen LogP contribution in [0.2, 0.25) is 10.0 Å². The first-order valence-corrected chi connectivity index (χ1v) is 12.1. The minimum Gasteiger partial charge on any atom is -0.495 e. The van der Waals surface area contributed by atoms with E-state index in [1.807, 2.05) is 0 Å². The van der Waals surface area contributed by atoms with E-state index in [0.29, 0.717) is 40.0 Å². The highest BCUT2D eigenvalue weighted by atomic mass is 35.5. The van der Waals surface area contributed by atoms with Crippen molar-refractivity contribution in [1.29, 1.82) is 0 Å². The topological polar surface area (TPSA) is 75.7 Å². The number of sulfonamides is 1. The molecular weight excluding hydrogens is 471 g/mol. The van der Waals surface area contributed by atoms with E-state index in [4.69, 9.17) is 27.9 Å². The van der Waals surface area contributed by atoms with Gasteiger partial charge in [-0.3, -0.25) is 9.52 Å². The Bertz CT molecular complexity index is 1290. The minimum absolute atomic E-state index is 0.0929. The summed E-state index contributed by atoms with van der Waals surface area (Å²) in [5.74, 6) is 0.181. The number of amides is 1. The van der Waals surface area contributed by atoms with Gasteiger partial charge in [-0.15, -0.1) is 0 Å². The molecule has 0 aliphatic carbocycles. The molecule has 0 bridgehead atoms. The van der Waals surface area contributed by atoms with Gasteiger partial charge >= 0.3 is 0 Å². The van der Waals surface area contributed by atoms with Crippen molar-refractivity contribution >= 4 is 50.5 Å². The predicted molar refractivity (Wildman–Crippen MR) is 127 cm³/mol. The van der Waals surface area contributed by atoms with Crippen LogP contribution in [0.1, 0.15) is 22.3 Å². The molecule has 4 rings (SSSR count). The van der Waals surface area contributed by atoms with Crippen LogP contribution in [0.25, 0.3) is 0 Å². The molecule has 1 heterocycles. The number of nitrogens with one attached hydrogen (secondary N) is 1. The number of ether oxygens (including phenoxy) is 1. The largest absolute Gasteiger partial charge is 0.495 e. The summed E-state index contributed by atoms with van der Waals surface area (Å²) in [7, 11) is -2.45. The number of hydrogen-bond donors (Lipinski definition) is 1. The molecule has 0 atom stereocenters. The van der Waals surface area contributed by atoms with Gasteiger partial charge in [0.1, 0.15) is 5.75 Å². The zero-order valence-corrected chi connectivity index (χ0v) is 19.5. The minimum atomic E-state index is -3.90. The van der Waals surface area contributed by atoms with Gasteiger partial charge in [0, 0.05) is 27.8 Å². The molecule has 0 saturated heterocycles. The van der Waals surface area contributed by atoms with Gasteiger partial charge in [-0.2, -0.15) is 0 Å². The Hall–Kier alpha value is -2.74. The molecule has 166 valence electrons. The van der Waals surface area contributed by atoms with Crippen LogP contribution in [-0.2, 0) is 16.4 Å². The summed E-state index contributed by atoms with van der Waals surface area (Å²) in [6.07, 6.45) is 1.39. The molecule has 0 saturated carbocycles. The van der Waals surface area contributed by atoms with E-state index in [9.17, 15) is 13.2 Å². The number of halogens is 2. The monoisotopic (exact) mass is 490 g/mol. The van der Waals surface area contributed by atoms with Crippen molar-refractivity contribution < 1.29 is 17.9 Å². The number of fused-ring (bicyclic) bond motifs is 1. The lowest BCUT2D eigenvalue weighted by Gasteiger charge is -2.30. The van der Waals surface area contributed by atoms with Crippen LogP contribution in [0.4, 0.5) is 11.4 Å². The number of carbonyl (C=O) groups excluding carboxylic acids is 1. The molecule has 32 heavy (non-hydrogen) atoms. The summed E-state index contributed by atoms with van der Waals surface area (Å²) in [4.78, 5) is 14.8. The molecule has 3 aromatic carbocycles. The number of rotatable bonds is 5. The summed E-state index contributed by atoms with van der Waals surface area (Å²) >= 11 is 12.0. The first kappa shape index (κ1) is 22.5. The maximum atomic E-state index is 13.1. The molecule has 0 spiro atoms. The number of aryl methyl sites for hydroxylation is 1. The van der Waals surface area contributed by atoms with E-state index in [2.05, 4.69) is 4.72 Å². The molecule has 0 aromatic heterocycles. The Morgan fingerprint density at radius 1 is 1.03 bits per heavy atom. The number of carbonyl (C=O) groups is 1. The fraction of sp³-hybridized carbons (Fsp3) is 0.174. The Kier molecular flexibility index (Phi) is 6.33. The maximum Gasteiger partial charge on any atom is 0.262 e.